The Kier molecular flexibility index (Phi) is 4.16. The Morgan fingerprint density at radius 2 is 1.63 bits per heavy atom. The van der Waals surface area contributed by atoms with Crippen molar-refractivity contribution in [2.45, 2.75) is 31.0 Å². The van der Waals surface area contributed by atoms with Crippen LogP contribution in [0.25, 0.3) is 0 Å². The quantitative estimate of drug-likeness (QED) is 0.289. The standard InChI is InChI=1S/C21H18O9/c1-21(29)6-9(23)11-12(15(21)20(28)30-2)19(27)13-14(18(11)26)17(25)10-7(16(13)24)4-3-5-8(10)22/h3-5,9,15,22-23,26-27,29H,6H2,1-2H3/t9-,15-,21+/m0/s1. The highest BCUT2D eigenvalue weighted by molar-refractivity contribution is 6.31. The van der Waals surface area contributed by atoms with Crippen LogP contribution in [0.5, 0.6) is 17.2 Å². The minimum Gasteiger partial charge on any atom is -0.507 e. The van der Waals surface area contributed by atoms with Crippen molar-refractivity contribution in [3.63, 3.8) is 0 Å². The van der Waals surface area contributed by atoms with E-state index >= 15 is 0 Å². The van der Waals surface area contributed by atoms with Gasteiger partial charge in [0.05, 0.1) is 35.5 Å². The van der Waals surface area contributed by atoms with Crippen LogP contribution in [0.1, 0.15) is 68.3 Å². The molecule has 0 saturated carbocycles. The predicted octanol–water partition coefficient (Wildman–Crippen LogP) is 1.02. The first-order valence-electron chi connectivity index (χ1n) is 9.04. The van der Waals surface area contributed by atoms with E-state index in [9.17, 15) is 39.9 Å². The number of aliphatic hydroxyl groups excluding tert-OH is 1. The Morgan fingerprint density at radius 3 is 2.27 bits per heavy atom. The second kappa shape index (κ2) is 6.28. The summed E-state index contributed by atoms with van der Waals surface area (Å²) >= 11 is 0. The molecule has 9 heteroatoms. The molecule has 0 fully saturated rings. The number of ether oxygens (including phenoxy) is 1. The van der Waals surface area contributed by atoms with Gasteiger partial charge >= 0.3 is 5.97 Å². The molecule has 9 nitrogen and oxygen atoms in total. The minimum absolute atomic E-state index is 0.195. The SMILES string of the molecule is COC(=O)[C@@H]1c2c(O)c3c(c(O)c2[C@@H](O)C[C@@]1(C)O)C(=O)c1c(O)cccc1C3=O. The van der Waals surface area contributed by atoms with Crippen LogP contribution in [-0.4, -0.2) is 55.8 Å². The van der Waals surface area contributed by atoms with Gasteiger partial charge in [0.25, 0.3) is 0 Å². The largest absolute Gasteiger partial charge is 0.507 e. The summed E-state index contributed by atoms with van der Waals surface area (Å²) in [5.41, 5.74) is -4.32. The predicted molar refractivity (Wildman–Crippen MR) is 99.7 cm³/mol. The summed E-state index contributed by atoms with van der Waals surface area (Å²) in [5.74, 6) is -6.39. The van der Waals surface area contributed by atoms with E-state index in [1.807, 2.05) is 0 Å². The minimum atomic E-state index is -1.88. The van der Waals surface area contributed by atoms with E-state index in [4.69, 9.17) is 4.74 Å². The molecule has 0 aliphatic heterocycles. The zero-order valence-electron chi connectivity index (χ0n) is 16.0. The molecule has 0 heterocycles. The molecule has 0 radical (unpaired) electrons. The number of aromatic hydroxyl groups is 3. The third kappa shape index (κ3) is 2.39. The first kappa shape index (κ1) is 19.9. The van der Waals surface area contributed by atoms with Crippen molar-refractivity contribution in [1.82, 2.24) is 0 Å². The number of phenolic OH excluding ortho intramolecular Hbond substituents is 3. The smallest absolute Gasteiger partial charge is 0.316 e. The maximum Gasteiger partial charge on any atom is 0.316 e. The summed E-state index contributed by atoms with van der Waals surface area (Å²) in [6, 6.07) is 3.81. The van der Waals surface area contributed by atoms with Crippen molar-refractivity contribution < 1.29 is 44.7 Å². The molecule has 2 aliphatic rings. The monoisotopic (exact) mass is 414 g/mol. The summed E-state index contributed by atoms with van der Waals surface area (Å²) in [6.07, 6.45) is -1.96. The number of hydrogen-bond acceptors (Lipinski definition) is 9. The first-order chi connectivity index (χ1) is 14.0. The molecule has 0 amide bonds. The maximum atomic E-state index is 13.1. The molecule has 0 saturated heterocycles. The molecule has 2 aliphatic carbocycles. The fourth-order valence-corrected chi connectivity index (χ4v) is 4.47. The van der Waals surface area contributed by atoms with E-state index in [2.05, 4.69) is 0 Å². The lowest BCUT2D eigenvalue weighted by atomic mass is 9.68. The lowest BCUT2D eigenvalue weighted by Gasteiger charge is -2.40. The van der Waals surface area contributed by atoms with Gasteiger partial charge in [-0.2, -0.15) is 0 Å². The van der Waals surface area contributed by atoms with Gasteiger partial charge in [0.2, 0.25) is 5.78 Å². The van der Waals surface area contributed by atoms with Crippen LogP contribution < -0.4 is 0 Å². The fourth-order valence-electron chi connectivity index (χ4n) is 4.47. The van der Waals surface area contributed by atoms with Crippen molar-refractivity contribution in [3.05, 3.63) is 51.6 Å². The second-order valence-electron chi connectivity index (χ2n) is 7.67. The van der Waals surface area contributed by atoms with E-state index in [0.717, 1.165) is 7.11 Å². The van der Waals surface area contributed by atoms with Gasteiger partial charge in [-0.25, -0.2) is 0 Å². The molecule has 5 N–H and O–H groups in total. The number of fused-ring (bicyclic) bond motifs is 3. The van der Waals surface area contributed by atoms with Crippen LogP contribution in [0.2, 0.25) is 0 Å². The lowest BCUT2D eigenvalue weighted by Crippen LogP contribution is -2.44. The van der Waals surface area contributed by atoms with Gasteiger partial charge in [0.1, 0.15) is 23.2 Å². The molecule has 0 unspecified atom stereocenters. The normalized spacial score (nSPS) is 24.7. The van der Waals surface area contributed by atoms with E-state index in [1.54, 1.807) is 0 Å². The van der Waals surface area contributed by atoms with Gasteiger partial charge < -0.3 is 30.3 Å². The Morgan fingerprint density at radius 1 is 1.03 bits per heavy atom. The van der Waals surface area contributed by atoms with Gasteiger partial charge in [0, 0.05) is 23.1 Å². The summed E-state index contributed by atoms with van der Waals surface area (Å²) in [6.45, 7) is 1.25. The highest BCUT2D eigenvalue weighted by Crippen LogP contribution is 2.55. The Hall–Kier alpha value is -3.43. The fraction of sp³-hybridized carbons (Fsp3) is 0.286. The Balaban J connectivity index is 2.12. The van der Waals surface area contributed by atoms with E-state index in [1.165, 1.54) is 25.1 Å². The number of hydrogen-bond donors (Lipinski definition) is 5. The number of phenols is 3. The van der Waals surface area contributed by atoms with Gasteiger partial charge in [0.15, 0.2) is 5.78 Å². The number of esters is 1. The molecular formula is C21H18O9. The van der Waals surface area contributed by atoms with E-state index < -0.39 is 70.0 Å². The number of rotatable bonds is 1. The molecule has 0 bridgehead atoms. The van der Waals surface area contributed by atoms with E-state index in [-0.39, 0.29) is 22.3 Å². The number of carbonyl (C=O) groups excluding carboxylic acids is 3. The summed E-state index contributed by atoms with van der Waals surface area (Å²) in [4.78, 5) is 38.5. The van der Waals surface area contributed by atoms with Crippen molar-refractivity contribution in [3.8, 4) is 17.2 Å². The van der Waals surface area contributed by atoms with E-state index in [0.29, 0.717) is 0 Å². The average Bonchev–Trinajstić information content (AvgIpc) is 2.66. The van der Waals surface area contributed by atoms with Crippen LogP contribution in [0, 0.1) is 0 Å². The molecule has 2 aromatic rings. The second-order valence-corrected chi connectivity index (χ2v) is 7.67. The molecule has 4 rings (SSSR count). The highest BCUT2D eigenvalue weighted by Gasteiger charge is 2.52. The number of ketones is 2. The molecule has 2 aromatic carbocycles. The maximum absolute atomic E-state index is 13.1. The third-order valence-electron chi connectivity index (χ3n) is 5.78. The van der Waals surface area contributed by atoms with Crippen LogP contribution >= 0.6 is 0 Å². The Labute approximate surface area is 169 Å². The molecule has 0 aromatic heterocycles. The summed E-state index contributed by atoms with van der Waals surface area (Å²) in [7, 11) is 1.06. The molecule has 30 heavy (non-hydrogen) atoms. The molecular weight excluding hydrogens is 396 g/mol. The van der Waals surface area contributed by atoms with Crippen LogP contribution in [0.3, 0.4) is 0 Å². The number of carbonyl (C=O) groups is 3. The van der Waals surface area contributed by atoms with Gasteiger partial charge in [-0.05, 0) is 13.0 Å². The van der Waals surface area contributed by atoms with Crippen LogP contribution in [0.15, 0.2) is 18.2 Å². The molecule has 156 valence electrons. The number of methoxy groups -OCH3 is 1. The van der Waals surface area contributed by atoms with Crippen molar-refractivity contribution in [1.29, 1.82) is 0 Å². The Bertz CT molecular complexity index is 1150. The topological polar surface area (TPSA) is 162 Å². The summed E-state index contributed by atoms with van der Waals surface area (Å²) < 4.78 is 4.72. The van der Waals surface area contributed by atoms with Crippen molar-refractivity contribution in [2.75, 3.05) is 7.11 Å². The third-order valence-corrected chi connectivity index (χ3v) is 5.78. The van der Waals surface area contributed by atoms with Crippen molar-refractivity contribution in [2.24, 2.45) is 0 Å². The molecule has 3 atom stereocenters. The van der Waals surface area contributed by atoms with Crippen LogP contribution in [0.4, 0.5) is 0 Å². The number of benzene rings is 2. The first-order valence-corrected chi connectivity index (χ1v) is 9.04. The van der Waals surface area contributed by atoms with Gasteiger partial charge in [-0.3, -0.25) is 14.4 Å². The van der Waals surface area contributed by atoms with Gasteiger partial charge in [-0.1, -0.05) is 12.1 Å². The lowest BCUT2D eigenvalue weighted by molar-refractivity contribution is -0.151. The molecule has 0 spiro atoms. The zero-order chi connectivity index (χ0) is 22.1. The number of aliphatic hydroxyl groups is 2. The highest BCUT2D eigenvalue weighted by atomic mass is 16.5. The van der Waals surface area contributed by atoms with Crippen LogP contribution in [-0.2, 0) is 9.53 Å². The summed E-state index contributed by atoms with van der Waals surface area (Å²) in [5, 5.41) is 53.2. The van der Waals surface area contributed by atoms with Gasteiger partial charge in [-0.15, -0.1) is 0 Å². The zero-order valence-corrected chi connectivity index (χ0v) is 16.0. The van der Waals surface area contributed by atoms with Crippen molar-refractivity contribution >= 4 is 17.5 Å². The average molecular weight is 414 g/mol.